The van der Waals surface area contributed by atoms with E-state index in [1.807, 2.05) is 23.7 Å². The first-order valence-corrected chi connectivity index (χ1v) is 12.6. The van der Waals surface area contributed by atoms with Crippen molar-refractivity contribution in [2.24, 2.45) is 13.0 Å². The number of esters is 1. The van der Waals surface area contributed by atoms with Gasteiger partial charge in [0.25, 0.3) is 0 Å². The van der Waals surface area contributed by atoms with Crippen LogP contribution in [0.1, 0.15) is 47.7 Å². The number of imidazole rings is 1. The summed E-state index contributed by atoms with van der Waals surface area (Å²) in [5.74, 6) is 0.627. The highest BCUT2D eigenvalue weighted by Gasteiger charge is 2.35. The highest BCUT2D eigenvalue weighted by molar-refractivity contribution is 5.71. The van der Waals surface area contributed by atoms with Crippen molar-refractivity contribution >= 4 is 11.5 Å². The number of halogens is 3. The topological polar surface area (TPSA) is 86.7 Å². The van der Waals surface area contributed by atoms with Crippen LogP contribution in [0.3, 0.4) is 0 Å². The Bertz CT molecular complexity index is 1570. The summed E-state index contributed by atoms with van der Waals surface area (Å²) in [6.07, 6.45) is 2.78. The average molecular weight is 543 g/mol. The second kappa shape index (κ2) is 10.3. The van der Waals surface area contributed by atoms with E-state index >= 15 is 0 Å². The van der Waals surface area contributed by atoms with Crippen LogP contribution in [0, 0.1) is 5.92 Å². The van der Waals surface area contributed by atoms with Crippen LogP contribution in [0.2, 0.25) is 0 Å². The molecule has 0 aliphatic heterocycles. The van der Waals surface area contributed by atoms with Crippen LogP contribution in [0.5, 0.6) is 0 Å². The first-order valence-electron chi connectivity index (χ1n) is 12.6. The van der Waals surface area contributed by atoms with Crippen LogP contribution in [-0.4, -0.2) is 55.3 Å². The molecule has 0 bridgehead atoms. The third kappa shape index (κ3) is 5.20. The van der Waals surface area contributed by atoms with Crippen LogP contribution < -0.4 is 5.69 Å². The van der Waals surface area contributed by atoms with Gasteiger partial charge in [-0.1, -0.05) is 18.6 Å². The molecular weight excluding hydrogens is 513 g/mol. The summed E-state index contributed by atoms with van der Waals surface area (Å²) < 4.78 is 51.1. The van der Waals surface area contributed by atoms with Crippen LogP contribution in [-0.2, 0) is 29.3 Å². The molecule has 1 aliphatic rings. The Kier molecular flexibility index (Phi) is 7.06. The summed E-state index contributed by atoms with van der Waals surface area (Å²) in [7, 11) is 4.71. The van der Waals surface area contributed by atoms with Crippen LogP contribution in [0.25, 0.3) is 11.2 Å². The van der Waals surface area contributed by atoms with E-state index in [2.05, 4.69) is 14.9 Å². The number of ether oxygens (including phenoxy) is 1. The van der Waals surface area contributed by atoms with Gasteiger partial charge in [-0.15, -0.1) is 10.2 Å². The largest absolute Gasteiger partial charge is 0.468 e. The lowest BCUT2D eigenvalue weighted by Gasteiger charge is -2.33. The average Bonchev–Trinajstić information content (AvgIpc) is 3.43. The van der Waals surface area contributed by atoms with Gasteiger partial charge in [-0.05, 0) is 55.1 Å². The van der Waals surface area contributed by atoms with E-state index in [9.17, 15) is 22.8 Å². The van der Waals surface area contributed by atoms with E-state index in [0.29, 0.717) is 11.6 Å². The zero-order valence-electron chi connectivity index (χ0n) is 21.9. The van der Waals surface area contributed by atoms with E-state index in [1.54, 1.807) is 25.5 Å². The zero-order valence-corrected chi connectivity index (χ0v) is 21.9. The minimum atomic E-state index is -4.69. The Labute approximate surface area is 222 Å². The molecule has 12 heteroatoms. The molecule has 3 heterocycles. The summed E-state index contributed by atoms with van der Waals surface area (Å²) in [5.41, 5.74) is -0.168. The zero-order chi connectivity index (χ0) is 27.9. The first kappa shape index (κ1) is 26.7. The molecule has 5 rings (SSSR count). The van der Waals surface area contributed by atoms with Crippen LogP contribution >= 0.6 is 0 Å². The van der Waals surface area contributed by atoms with E-state index < -0.39 is 23.4 Å². The van der Waals surface area contributed by atoms with Crippen molar-refractivity contribution in [2.75, 3.05) is 20.7 Å². The number of carbonyl (C=O) groups is 1. The van der Waals surface area contributed by atoms with Crippen molar-refractivity contribution in [3.8, 4) is 5.69 Å². The van der Waals surface area contributed by atoms with Gasteiger partial charge < -0.3 is 9.30 Å². The normalized spacial score (nSPS) is 15.1. The van der Waals surface area contributed by atoms with E-state index in [0.717, 1.165) is 41.1 Å². The number of pyridine rings is 1. The third-order valence-electron chi connectivity index (χ3n) is 7.36. The number of methoxy groups -OCH3 is 1. The fraction of sp³-hybridized carbons (Fsp3) is 0.407. The Hall–Kier alpha value is -3.93. The maximum absolute atomic E-state index is 14.1. The molecule has 0 N–H and O–H groups in total. The minimum Gasteiger partial charge on any atom is -0.468 e. The number of fused-ring (bicyclic) bond motifs is 1. The molecule has 0 spiro atoms. The number of aromatic nitrogens is 5. The van der Waals surface area contributed by atoms with E-state index in [4.69, 9.17) is 0 Å². The molecule has 1 atom stereocenters. The first-order chi connectivity index (χ1) is 18.6. The van der Waals surface area contributed by atoms with Gasteiger partial charge in [0.2, 0.25) is 0 Å². The van der Waals surface area contributed by atoms with E-state index in [1.165, 1.54) is 29.0 Å². The molecule has 39 heavy (non-hydrogen) atoms. The number of hydrogen-bond donors (Lipinski definition) is 0. The SMILES string of the molecule is COC(=O)CN(C)Cc1cc(C(F)(F)F)c2cn(-c3cccc([C@H](c4nncn4C)C4CCC4)c3)c(=O)n2c1. The lowest BCUT2D eigenvalue weighted by Crippen LogP contribution is -2.27. The molecule has 1 saturated carbocycles. The molecule has 9 nitrogen and oxygen atoms in total. The molecule has 0 amide bonds. The van der Waals surface area contributed by atoms with Crippen molar-refractivity contribution in [1.82, 2.24) is 28.6 Å². The molecule has 1 aliphatic carbocycles. The number of rotatable bonds is 8. The maximum atomic E-state index is 14.1. The third-order valence-corrected chi connectivity index (χ3v) is 7.36. The number of alkyl halides is 3. The van der Waals surface area contributed by atoms with Gasteiger partial charge in [0.1, 0.15) is 12.2 Å². The molecule has 1 aromatic carbocycles. The van der Waals surface area contributed by atoms with Crippen molar-refractivity contribution in [1.29, 1.82) is 0 Å². The lowest BCUT2D eigenvalue weighted by atomic mass is 9.72. The highest BCUT2D eigenvalue weighted by atomic mass is 19.4. The predicted molar refractivity (Wildman–Crippen MR) is 137 cm³/mol. The van der Waals surface area contributed by atoms with Gasteiger partial charge in [0.15, 0.2) is 0 Å². The number of aryl methyl sites for hydroxylation is 1. The van der Waals surface area contributed by atoms with Gasteiger partial charge in [-0.25, -0.2) is 4.79 Å². The van der Waals surface area contributed by atoms with E-state index in [-0.39, 0.29) is 30.1 Å². The summed E-state index contributed by atoms with van der Waals surface area (Å²) in [6, 6.07) is 8.33. The number of nitrogens with zero attached hydrogens (tertiary/aromatic N) is 6. The van der Waals surface area contributed by atoms with Gasteiger partial charge in [-0.2, -0.15) is 13.2 Å². The van der Waals surface area contributed by atoms with Crippen molar-refractivity contribution in [3.05, 3.63) is 82.1 Å². The quantitative estimate of drug-likeness (QED) is 0.315. The van der Waals surface area contributed by atoms with Crippen molar-refractivity contribution < 1.29 is 22.7 Å². The number of hydrogen-bond acceptors (Lipinski definition) is 6. The molecule has 1 fully saturated rings. The van der Waals surface area contributed by atoms with Crippen LogP contribution in [0.15, 0.2) is 53.8 Å². The molecular formula is C27H29F3N6O3. The predicted octanol–water partition coefficient (Wildman–Crippen LogP) is 3.77. The molecule has 0 unspecified atom stereocenters. The Morgan fingerprint density at radius 2 is 2.00 bits per heavy atom. The Balaban J connectivity index is 1.58. The standard InChI is InChI=1S/C27H29F3N6O3/c1-33(15-23(37)39-3)12-17-10-21(27(28,29)30)22-14-35(26(38)36(22)13-17)20-9-5-8-19(11-20)24(18-6-4-7-18)25-32-31-16-34(25)2/h5,8-11,13-14,16,18,24H,4,6-7,12,15H2,1-3H3/t24-/m1/s1. The van der Waals surface area contributed by atoms with Gasteiger partial charge >= 0.3 is 17.8 Å². The second-order valence-electron chi connectivity index (χ2n) is 10.1. The van der Waals surface area contributed by atoms with Gasteiger partial charge in [0, 0.05) is 31.9 Å². The number of benzene rings is 1. The Morgan fingerprint density at radius 3 is 2.62 bits per heavy atom. The summed E-state index contributed by atoms with van der Waals surface area (Å²) in [5, 5.41) is 8.36. The molecule has 206 valence electrons. The second-order valence-corrected chi connectivity index (χ2v) is 10.1. The molecule has 0 saturated heterocycles. The number of carbonyl (C=O) groups excluding carboxylic acids is 1. The smallest absolute Gasteiger partial charge is 0.418 e. The summed E-state index contributed by atoms with van der Waals surface area (Å²) in [4.78, 5) is 26.6. The summed E-state index contributed by atoms with van der Waals surface area (Å²) in [6.45, 7) is -0.0890. The maximum Gasteiger partial charge on any atom is 0.418 e. The van der Waals surface area contributed by atoms with Gasteiger partial charge in [0.05, 0.1) is 30.4 Å². The lowest BCUT2D eigenvalue weighted by molar-refractivity contribution is -0.142. The molecule has 3 aromatic heterocycles. The molecule has 4 aromatic rings. The van der Waals surface area contributed by atoms with Gasteiger partial charge in [-0.3, -0.25) is 18.7 Å². The fourth-order valence-corrected chi connectivity index (χ4v) is 5.24. The summed E-state index contributed by atoms with van der Waals surface area (Å²) >= 11 is 0. The van der Waals surface area contributed by atoms with Crippen molar-refractivity contribution in [3.63, 3.8) is 0 Å². The Morgan fingerprint density at radius 1 is 1.23 bits per heavy atom. The van der Waals surface area contributed by atoms with Crippen LogP contribution in [0.4, 0.5) is 13.2 Å². The monoisotopic (exact) mass is 542 g/mol. The fourth-order valence-electron chi connectivity index (χ4n) is 5.24. The highest BCUT2D eigenvalue weighted by Crippen LogP contribution is 2.43. The number of likely N-dealkylation sites (N-methyl/N-ethyl adjacent to an activating group) is 1. The van der Waals surface area contributed by atoms with Crippen molar-refractivity contribution in [2.45, 2.75) is 37.9 Å². The molecule has 0 radical (unpaired) electrons. The minimum absolute atomic E-state index is 0.0159.